The third-order valence-corrected chi connectivity index (χ3v) is 3.48. The largest absolute Gasteiger partial charge is 0.497 e. The predicted molar refractivity (Wildman–Crippen MR) is 90.3 cm³/mol. The topological polar surface area (TPSA) is 77.8 Å². The van der Waals surface area contributed by atoms with Crippen molar-refractivity contribution in [3.8, 4) is 5.75 Å². The Morgan fingerprint density at radius 3 is 2.50 bits per heavy atom. The number of carbonyl (C=O) groups is 2. The predicted octanol–water partition coefficient (Wildman–Crippen LogP) is 3.21. The molecule has 1 aromatic heterocycles. The number of furan rings is 1. The number of hydrogen-bond donors (Lipinski definition) is 1. The summed E-state index contributed by atoms with van der Waals surface area (Å²) in [6.07, 6.45) is -0.918. The van der Waals surface area contributed by atoms with Gasteiger partial charge in [0.1, 0.15) is 11.3 Å². The van der Waals surface area contributed by atoms with Gasteiger partial charge >= 0.3 is 5.97 Å². The van der Waals surface area contributed by atoms with Crippen LogP contribution in [-0.4, -0.2) is 30.6 Å². The number of nitrogens with one attached hydrogen (secondary N) is 1. The highest BCUT2D eigenvalue weighted by molar-refractivity contribution is 5.97. The summed E-state index contributed by atoms with van der Waals surface area (Å²) in [7, 11) is 1.57. The molecule has 0 radical (unpaired) electrons. The number of hydrogen-bond acceptors (Lipinski definition) is 5. The van der Waals surface area contributed by atoms with Crippen LogP contribution in [0.3, 0.4) is 0 Å². The van der Waals surface area contributed by atoms with Gasteiger partial charge in [-0.15, -0.1) is 0 Å². The molecule has 1 heterocycles. The maximum absolute atomic E-state index is 12.3. The molecule has 0 spiro atoms. The van der Waals surface area contributed by atoms with Crippen molar-refractivity contribution in [2.45, 2.75) is 46.3 Å². The summed E-state index contributed by atoms with van der Waals surface area (Å²) in [4.78, 5) is 24.4. The lowest BCUT2D eigenvalue weighted by atomic mass is 10.1. The Balaban J connectivity index is 2.19. The number of rotatable bonds is 4. The first kappa shape index (κ1) is 17.8. The summed E-state index contributed by atoms with van der Waals surface area (Å²) in [5.74, 6) is -0.261. The fourth-order valence-electron chi connectivity index (χ4n) is 2.26. The number of esters is 1. The Labute approximate surface area is 141 Å². The van der Waals surface area contributed by atoms with Crippen LogP contribution in [0, 0.1) is 6.92 Å². The number of benzene rings is 1. The van der Waals surface area contributed by atoms with Gasteiger partial charge < -0.3 is 19.2 Å². The molecular formula is C18H23NO5. The lowest BCUT2D eigenvalue weighted by molar-refractivity contribution is -0.130. The molecule has 0 unspecified atom stereocenters. The van der Waals surface area contributed by atoms with Gasteiger partial charge in [-0.25, -0.2) is 4.79 Å². The molecule has 1 amide bonds. The van der Waals surface area contributed by atoms with Crippen LogP contribution in [-0.2, 0) is 9.53 Å². The first-order chi connectivity index (χ1) is 11.1. The summed E-state index contributed by atoms with van der Waals surface area (Å²) >= 11 is 0. The molecular weight excluding hydrogens is 310 g/mol. The van der Waals surface area contributed by atoms with E-state index in [9.17, 15) is 9.59 Å². The van der Waals surface area contributed by atoms with E-state index < -0.39 is 17.6 Å². The summed E-state index contributed by atoms with van der Waals surface area (Å²) < 4.78 is 16.0. The Morgan fingerprint density at radius 1 is 1.25 bits per heavy atom. The van der Waals surface area contributed by atoms with Crippen molar-refractivity contribution in [2.24, 2.45) is 0 Å². The summed E-state index contributed by atoms with van der Waals surface area (Å²) in [6, 6.07) is 5.27. The van der Waals surface area contributed by atoms with Crippen LogP contribution < -0.4 is 10.1 Å². The van der Waals surface area contributed by atoms with Crippen LogP contribution in [0.4, 0.5) is 0 Å². The fraction of sp³-hybridized carbons (Fsp3) is 0.444. The van der Waals surface area contributed by atoms with E-state index >= 15 is 0 Å². The van der Waals surface area contributed by atoms with Crippen LogP contribution in [0.1, 0.15) is 43.8 Å². The van der Waals surface area contributed by atoms with Crippen LogP contribution in [0.25, 0.3) is 11.0 Å². The second kappa shape index (κ2) is 6.55. The maximum atomic E-state index is 12.3. The van der Waals surface area contributed by atoms with E-state index in [1.807, 2.05) is 20.8 Å². The summed E-state index contributed by atoms with van der Waals surface area (Å²) in [5, 5.41) is 3.54. The zero-order valence-electron chi connectivity index (χ0n) is 14.9. The van der Waals surface area contributed by atoms with E-state index in [0.29, 0.717) is 16.9 Å². The van der Waals surface area contributed by atoms with E-state index in [1.54, 1.807) is 32.2 Å². The minimum atomic E-state index is -0.918. The molecule has 1 atom stereocenters. The highest BCUT2D eigenvalue weighted by Gasteiger charge is 2.26. The summed E-state index contributed by atoms with van der Waals surface area (Å²) in [5.41, 5.74) is 0.813. The minimum Gasteiger partial charge on any atom is -0.497 e. The fourth-order valence-corrected chi connectivity index (χ4v) is 2.26. The standard InChI is InChI=1S/C18H23NO5/c1-10-13-9-12(22-6)7-8-14(13)24-15(10)17(21)23-11(2)16(20)19-18(3,4)5/h7-9,11H,1-6H3,(H,19,20)/t11-/m1/s1. The van der Waals surface area contributed by atoms with Crippen molar-refractivity contribution < 1.29 is 23.5 Å². The van der Waals surface area contributed by atoms with Gasteiger partial charge in [0.25, 0.3) is 5.91 Å². The van der Waals surface area contributed by atoms with Gasteiger partial charge in [-0.05, 0) is 52.8 Å². The van der Waals surface area contributed by atoms with Gasteiger partial charge in [0.2, 0.25) is 5.76 Å². The molecule has 0 aliphatic heterocycles. The molecule has 0 fully saturated rings. The normalized spacial score (nSPS) is 12.8. The molecule has 1 N–H and O–H groups in total. The van der Waals surface area contributed by atoms with E-state index in [0.717, 1.165) is 5.39 Å². The van der Waals surface area contributed by atoms with Crippen molar-refractivity contribution in [3.05, 3.63) is 29.5 Å². The number of carbonyl (C=O) groups excluding carboxylic acids is 2. The Morgan fingerprint density at radius 2 is 1.92 bits per heavy atom. The number of fused-ring (bicyclic) bond motifs is 1. The second-order valence-corrected chi connectivity index (χ2v) is 6.71. The molecule has 2 rings (SSSR count). The first-order valence-electron chi connectivity index (χ1n) is 7.72. The molecule has 6 nitrogen and oxygen atoms in total. The Hall–Kier alpha value is -2.50. The number of ether oxygens (including phenoxy) is 2. The van der Waals surface area contributed by atoms with Gasteiger partial charge in [-0.1, -0.05) is 0 Å². The van der Waals surface area contributed by atoms with Crippen molar-refractivity contribution in [2.75, 3.05) is 7.11 Å². The van der Waals surface area contributed by atoms with E-state index in [4.69, 9.17) is 13.9 Å². The molecule has 24 heavy (non-hydrogen) atoms. The smallest absolute Gasteiger partial charge is 0.375 e. The quantitative estimate of drug-likeness (QED) is 0.869. The molecule has 6 heteroatoms. The first-order valence-corrected chi connectivity index (χ1v) is 7.72. The maximum Gasteiger partial charge on any atom is 0.375 e. The molecule has 2 aromatic rings. The Bertz CT molecular complexity index is 770. The second-order valence-electron chi connectivity index (χ2n) is 6.71. The molecule has 0 saturated heterocycles. The van der Waals surface area contributed by atoms with Gasteiger partial charge in [0.15, 0.2) is 6.10 Å². The average Bonchev–Trinajstić information content (AvgIpc) is 2.82. The minimum absolute atomic E-state index is 0.0914. The highest BCUT2D eigenvalue weighted by atomic mass is 16.6. The van der Waals surface area contributed by atoms with Crippen LogP contribution in [0.5, 0.6) is 5.75 Å². The van der Waals surface area contributed by atoms with Gasteiger partial charge in [-0.2, -0.15) is 0 Å². The highest BCUT2D eigenvalue weighted by Crippen LogP contribution is 2.29. The zero-order valence-corrected chi connectivity index (χ0v) is 14.9. The van der Waals surface area contributed by atoms with Gasteiger partial charge in [-0.3, -0.25) is 4.79 Å². The van der Waals surface area contributed by atoms with Crippen LogP contribution in [0.2, 0.25) is 0 Å². The SMILES string of the molecule is COc1ccc2oc(C(=O)O[C@H](C)C(=O)NC(C)(C)C)c(C)c2c1. The van der Waals surface area contributed by atoms with Crippen LogP contribution in [0.15, 0.2) is 22.6 Å². The van der Waals surface area contributed by atoms with Crippen molar-refractivity contribution in [1.82, 2.24) is 5.32 Å². The number of amides is 1. The lowest BCUT2D eigenvalue weighted by Crippen LogP contribution is -2.46. The van der Waals surface area contributed by atoms with E-state index in [2.05, 4.69) is 5.32 Å². The third kappa shape index (κ3) is 3.88. The molecule has 1 aromatic carbocycles. The lowest BCUT2D eigenvalue weighted by Gasteiger charge is -2.23. The molecule has 130 valence electrons. The Kier molecular flexibility index (Phi) is 4.87. The monoisotopic (exact) mass is 333 g/mol. The van der Waals surface area contributed by atoms with Gasteiger partial charge in [0.05, 0.1) is 7.11 Å². The number of methoxy groups -OCH3 is 1. The van der Waals surface area contributed by atoms with E-state index in [-0.39, 0.29) is 11.7 Å². The number of aryl methyl sites for hydroxylation is 1. The molecule has 0 saturated carbocycles. The summed E-state index contributed by atoms with van der Waals surface area (Å²) in [6.45, 7) is 8.87. The molecule has 0 bridgehead atoms. The van der Waals surface area contributed by atoms with Gasteiger partial charge in [0, 0.05) is 16.5 Å². The van der Waals surface area contributed by atoms with Crippen molar-refractivity contribution in [1.29, 1.82) is 0 Å². The van der Waals surface area contributed by atoms with Crippen LogP contribution >= 0.6 is 0 Å². The molecule has 0 aliphatic rings. The van der Waals surface area contributed by atoms with Crippen molar-refractivity contribution >= 4 is 22.8 Å². The van der Waals surface area contributed by atoms with Crippen molar-refractivity contribution in [3.63, 3.8) is 0 Å². The van der Waals surface area contributed by atoms with E-state index in [1.165, 1.54) is 6.92 Å². The zero-order chi connectivity index (χ0) is 18.1. The average molecular weight is 333 g/mol. The third-order valence-electron chi connectivity index (χ3n) is 3.48. The molecule has 0 aliphatic carbocycles.